The number of halogens is 1. The molecule has 1 aliphatic rings. The third-order valence-electron chi connectivity index (χ3n) is 2.19. The van der Waals surface area contributed by atoms with Gasteiger partial charge in [-0.2, -0.15) is 0 Å². The average Bonchev–Trinajstić information content (AvgIpc) is 2.71. The van der Waals surface area contributed by atoms with E-state index in [0.717, 1.165) is 12.8 Å². The zero-order chi connectivity index (χ0) is 10.7. The minimum Gasteiger partial charge on any atom is -0.594 e. The summed E-state index contributed by atoms with van der Waals surface area (Å²) in [6.45, 7) is 0.683. The number of rotatable bonds is 2. The van der Waals surface area contributed by atoms with E-state index in [1.54, 1.807) is 24.3 Å². The number of nitrogens with zero attached hydrogens (tertiary/aromatic N) is 2. The van der Waals surface area contributed by atoms with E-state index in [1.807, 2.05) is 0 Å². The summed E-state index contributed by atoms with van der Waals surface area (Å²) >= 11 is 5.71. The van der Waals surface area contributed by atoms with Crippen LogP contribution in [-0.4, -0.2) is 17.7 Å². The fourth-order valence-electron chi connectivity index (χ4n) is 1.40. The molecule has 1 fully saturated rings. The lowest BCUT2D eigenvalue weighted by molar-refractivity contribution is -0.451. The smallest absolute Gasteiger partial charge is 0.244 e. The maximum Gasteiger partial charge on any atom is 0.244 e. The maximum absolute atomic E-state index is 11.5. The normalized spacial score (nSPS) is 21.9. The summed E-state index contributed by atoms with van der Waals surface area (Å²) in [5.41, 5.74) is 0.468. The van der Waals surface area contributed by atoms with Crippen molar-refractivity contribution in [3.8, 4) is 0 Å². The molecule has 0 N–H and O–H groups in total. The second-order valence-electron chi connectivity index (χ2n) is 3.33. The first-order valence-electron chi connectivity index (χ1n) is 4.81. The van der Waals surface area contributed by atoms with Crippen LogP contribution in [0.3, 0.4) is 0 Å². The first-order valence-corrected chi connectivity index (χ1v) is 5.19. The van der Waals surface area contributed by atoms with Gasteiger partial charge in [0.15, 0.2) is 0 Å². The molecule has 5 heteroatoms. The van der Waals surface area contributed by atoms with E-state index >= 15 is 0 Å². The second kappa shape index (κ2) is 4.59. The van der Waals surface area contributed by atoms with Gasteiger partial charge in [0.05, 0.1) is 0 Å². The fraction of sp³-hybridized carbons (Fsp3) is 0.400. The molecule has 4 nitrogen and oxygen atoms in total. The molecule has 0 radical (unpaired) electrons. The van der Waals surface area contributed by atoms with E-state index in [1.165, 1.54) is 0 Å². The highest BCUT2D eigenvalue weighted by Crippen LogP contribution is 2.19. The Morgan fingerprint density at radius 1 is 1.40 bits per heavy atom. The van der Waals surface area contributed by atoms with Gasteiger partial charge in [0.1, 0.15) is 0 Å². The van der Waals surface area contributed by atoms with Crippen LogP contribution in [-0.2, 0) is 4.74 Å². The molecule has 80 valence electrons. The molecule has 0 aromatic heterocycles. The molecule has 1 heterocycles. The van der Waals surface area contributed by atoms with Crippen molar-refractivity contribution in [2.24, 2.45) is 5.11 Å². The number of ether oxygens (including phenoxy) is 1. The van der Waals surface area contributed by atoms with Gasteiger partial charge < -0.3 is 9.94 Å². The van der Waals surface area contributed by atoms with Crippen LogP contribution in [0.25, 0.3) is 0 Å². The Hall–Kier alpha value is -1.13. The molecule has 0 spiro atoms. The minimum absolute atomic E-state index is 0.293. The Bertz CT molecular complexity index is 358. The lowest BCUT2D eigenvalue weighted by atomic mass is 10.3. The van der Waals surface area contributed by atoms with Crippen LogP contribution in [0.15, 0.2) is 29.4 Å². The fourth-order valence-corrected chi connectivity index (χ4v) is 1.53. The van der Waals surface area contributed by atoms with Crippen LogP contribution < -0.4 is 0 Å². The van der Waals surface area contributed by atoms with Crippen LogP contribution in [0, 0.1) is 5.21 Å². The van der Waals surface area contributed by atoms with Crippen molar-refractivity contribution in [2.45, 2.75) is 19.1 Å². The van der Waals surface area contributed by atoms with Crippen LogP contribution in [0.4, 0.5) is 5.69 Å². The summed E-state index contributed by atoms with van der Waals surface area (Å²) in [6, 6.07) is 6.58. The van der Waals surface area contributed by atoms with Gasteiger partial charge in [-0.25, -0.2) is 0 Å². The Kier molecular flexibility index (Phi) is 3.18. The van der Waals surface area contributed by atoms with E-state index in [-0.39, 0.29) is 6.23 Å². The van der Waals surface area contributed by atoms with Crippen LogP contribution >= 0.6 is 11.6 Å². The van der Waals surface area contributed by atoms with Crippen molar-refractivity contribution in [1.82, 2.24) is 0 Å². The molecule has 1 unspecified atom stereocenters. The van der Waals surface area contributed by atoms with Crippen molar-refractivity contribution < 1.29 is 9.60 Å². The molecule has 1 aromatic rings. The third kappa shape index (κ3) is 2.67. The van der Waals surface area contributed by atoms with E-state index in [4.69, 9.17) is 16.3 Å². The van der Waals surface area contributed by atoms with Gasteiger partial charge >= 0.3 is 0 Å². The predicted octanol–water partition coefficient (Wildman–Crippen LogP) is 3.07. The van der Waals surface area contributed by atoms with Crippen molar-refractivity contribution in [2.75, 3.05) is 6.61 Å². The van der Waals surface area contributed by atoms with Crippen LogP contribution in [0.1, 0.15) is 12.8 Å². The molecule has 0 bridgehead atoms. The topological polar surface area (TPSA) is 47.7 Å². The zero-order valence-electron chi connectivity index (χ0n) is 8.10. The Labute approximate surface area is 92.7 Å². The molecule has 1 atom stereocenters. The van der Waals surface area contributed by atoms with Crippen LogP contribution in [0.2, 0.25) is 5.02 Å². The SMILES string of the molecule is [O-]/[N+](=N\C1CCCO1)c1ccc(Cl)cc1. The van der Waals surface area contributed by atoms with Gasteiger partial charge in [0.2, 0.25) is 11.9 Å². The second-order valence-corrected chi connectivity index (χ2v) is 3.77. The number of benzene rings is 1. The lowest BCUT2D eigenvalue weighted by Gasteiger charge is -2.03. The summed E-state index contributed by atoms with van der Waals surface area (Å²) in [6.07, 6.45) is 1.48. The Morgan fingerprint density at radius 3 is 2.73 bits per heavy atom. The summed E-state index contributed by atoms with van der Waals surface area (Å²) in [5.74, 6) is 0. The van der Waals surface area contributed by atoms with Gasteiger partial charge in [0, 0.05) is 35.3 Å². The highest BCUT2D eigenvalue weighted by Gasteiger charge is 2.18. The Balaban J connectivity index is 2.12. The number of azo groups is 1. The quantitative estimate of drug-likeness (QED) is 0.442. The highest BCUT2D eigenvalue weighted by molar-refractivity contribution is 6.30. The van der Waals surface area contributed by atoms with Crippen molar-refractivity contribution in [3.05, 3.63) is 34.5 Å². The molecular formula is C10H11ClN2O2. The highest BCUT2D eigenvalue weighted by atomic mass is 35.5. The summed E-state index contributed by atoms with van der Waals surface area (Å²) < 4.78 is 5.23. The monoisotopic (exact) mass is 226 g/mol. The molecule has 1 aliphatic heterocycles. The van der Waals surface area contributed by atoms with Crippen molar-refractivity contribution >= 4 is 17.3 Å². The van der Waals surface area contributed by atoms with Gasteiger partial charge in [-0.3, -0.25) is 0 Å². The van der Waals surface area contributed by atoms with Gasteiger partial charge in [-0.15, -0.1) is 0 Å². The van der Waals surface area contributed by atoms with Gasteiger partial charge in [0.25, 0.3) is 0 Å². The molecule has 1 saturated heterocycles. The molecule has 0 saturated carbocycles. The number of hydrogen-bond donors (Lipinski definition) is 0. The first kappa shape index (κ1) is 10.4. The average molecular weight is 227 g/mol. The lowest BCUT2D eigenvalue weighted by Crippen LogP contribution is -2.05. The van der Waals surface area contributed by atoms with Crippen molar-refractivity contribution in [3.63, 3.8) is 0 Å². The molecule has 0 amide bonds. The largest absolute Gasteiger partial charge is 0.594 e. The summed E-state index contributed by atoms with van der Waals surface area (Å²) in [7, 11) is 0. The first-order chi connectivity index (χ1) is 7.25. The van der Waals surface area contributed by atoms with Gasteiger partial charge in [-0.1, -0.05) is 16.5 Å². The van der Waals surface area contributed by atoms with E-state index in [9.17, 15) is 5.21 Å². The maximum atomic E-state index is 11.5. The minimum atomic E-state index is -0.293. The zero-order valence-corrected chi connectivity index (χ0v) is 8.85. The molecule has 2 rings (SSSR count). The van der Waals surface area contributed by atoms with E-state index < -0.39 is 0 Å². The van der Waals surface area contributed by atoms with Crippen molar-refractivity contribution in [1.29, 1.82) is 0 Å². The summed E-state index contributed by atoms with van der Waals surface area (Å²) in [5, 5.41) is 16.0. The standard InChI is InChI=1S/C10H11ClN2O2/c11-8-3-5-9(6-4-8)13(14)12-10-2-1-7-15-10/h3-6,10H,1-2,7H2/b13-12-. The third-order valence-corrected chi connectivity index (χ3v) is 2.44. The van der Waals surface area contributed by atoms with E-state index in [2.05, 4.69) is 5.11 Å². The van der Waals surface area contributed by atoms with Crippen LogP contribution in [0.5, 0.6) is 0 Å². The molecule has 1 aromatic carbocycles. The Morgan fingerprint density at radius 2 is 2.13 bits per heavy atom. The predicted molar refractivity (Wildman–Crippen MR) is 56.1 cm³/mol. The van der Waals surface area contributed by atoms with E-state index in [0.29, 0.717) is 22.2 Å². The van der Waals surface area contributed by atoms with Gasteiger partial charge in [-0.05, 0) is 18.6 Å². The molecule has 0 aliphatic carbocycles. The number of hydrogen-bond acceptors (Lipinski definition) is 3. The molecular weight excluding hydrogens is 216 g/mol. The molecule has 15 heavy (non-hydrogen) atoms. The summed E-state index contributed by atoms with van der Waals surface area (Å²) in [4.78, 5) is 0.590.